The van der Waals surface area contributed by atoms with E-state index in [0.29, 0.717) is 23.8 Å². The molecule has 104 valence electrons. The molecule has 0 bridgehead atoms. The first kappa shape index (κ1) is 13.8. The van der Waals surface area contributed by atoms with Crippen molar-refractivity contribution >= 4 is 5.91 Å². The van der Waals surface area contributed by atoms with Crippen LogP contribution in [0.4, 0.5) is 0 Å². The number of nitrogens with one attached hydrogen (secondary N) is 1. The maximum absolute atomic E-state index is 12.5. The molecule has 2 saturated heterocycles. The second-order valence-electron chi connectivity index (χ2n) is 6.45. The molecule has 2 aliphatic rings. The summed E-state index contributed by atoms with van der Waals surface area (Å²) in [5, 5.41) is 3.38. The predicted molar refractivity (Wildman–Crippen MR) is 73.4 cm³/mol. The predicted octanol–water partition coefficient (Wildman–Crippen LogP) is 0.641. The van der Waals surface area contributed by atoms with Gasteiger partial charge < -0.3 is 15.1 Å². The van der Waals surface area contributed by atoms with Gasteiger partial charge in [0, 0.05) is 25.7 Å². The summed E-state index contributed by atoms with van der Waals surface area (Å²) < 4.78 is 0. The highest BCUT2D eigenvalue weighted by Gasteiger charge is 2.37. The number of likely N-dealkylation sites (N-methyl/N-ethyl adjacent to an activating group) is 1. The van der Waals surface area contributed by atoms with Gasteiger partial charge in [-0.3, -0.25) is 4.79 Å². The number of piperidine rings is 1. The molecule has 4 atom stereocenters. The van der Waals surface area contributed by atoms with Gasteiger partial charge in [-0.15, -0.1) is 0 Å². The summed E-state index contributed by atoms with van der Waals surface area (Å²) >= 11 is 0. The van der Waals surface area contributed by atoms with Gasteiger partial charge in [0.15, 0.2) is 0 Å². The Hall–Kier alpha value is -0.610. The number of amides is 1. The van der Waals surface area contributed by atoms with E-state index in [4.69, 9.17) is 0 Å². The SMILES string of the molecule is CC1CNCC(C(=O)N2CC(C)C(N(C)C)C2)C1. The Morgan fingerprint density at radius 3 is 2.50 bits per heavy atom. The number of nitrogens with zero attached hydrogens (tertiary/aromatic N) is 2. The summed E-state index contributed by atoms with van der Waals surface area (Å²) in [6, 6.07) is 0.517. The molecule has 0 radical (unpaired) electrons. The highest BCUT2D eigenvalue weighted by atomic mass is 16.2. The summed E-state index contributed by atoms with van der Waals surface area (Å²) in [7, 11) is 4.22. The van der Waals surface area contributed by atoms with Crippen LogP contribution in [-0.2, 0) is 4.79 Å². The smallest absolute Gasteiger partial charge is 0.227 e. The Morgan fingerprint density at radius 1 is 1.22 bits per heavy atom. The van der Waals surface area contributed by atoms with E-state index in [1.165, 1.54) is 0 Å². The Kier molecular flexibility index (Phi) is 4.28. The molecule has 1 amide bonds. The van der Waals surface area contributed by atoms with Crippen LogP contribution in [0.25, 0.3) is 0 Å². The molecule has 0 aromatic carbocycles. The molecule has 1 N–H and O–H groups in total. The third-order valence-corrected chi connectivity index (χ3v) is 4.47. The lowest BCUT2D eigenvalue weighted by atomic mass is 9.91. The van der Waals surface area contributed by atoms with Crippen molar-refractivity contribution in [3.63, 3.8) is 0 Å². The summed E-state index contributed by atoms with van der Waals surface area (Å²) in [4.78, 5) is 16.9. The Bertz CT molecular complexity index is 305. The van der Waals surface area contributed by atoms with E-state index in [1.54, 1.807) is 0 Å². The summed E-state index contributed by atoms with van der Waals surface area (Å²) in [6.45, 7) is 8.22. The molecule has 18 heavy (non-hydrogen) atoms. The molecule has 0 aliphatic carbocycles. The molecule has 0 spiro atoms. The minimum Gasteiger partial charge on any atom is -0.341 e. The first-order valence-electron chi connectivity index (χ1n) is 7.15. The molecule has 2 fully saturated rings. The van der Waals surface area contributed by atoms with Crippen LogP contribution in [0.3, 0.4) is 0 Å². The van der Waals surface area contributed by atoms with Gasteiger partial charge in [0.05, 0.1) is 5.92 Å². The topological polar surface area (TPSA) is 35.6 Å². The summed E-state index contributed by atoms with van der Waals surface area (Å²) in [5.74, 6) is 1.77. The van der Waals surface area contributed by atoms with Gasteiger partial charge in [0.1, 0.15) is 0 Å². The van der Waals surface area contributed by atoms with Gasteiger partial charge in [-0.25, -0.2) is 0 Å². The Balaban J connectivity index is 1.94. The van der Waals surface area contributed by atoms with Crippen LogP contribution in [0.1, 0.15) is 20.3 Å². The van der Waals surface area contributed by atoms with E-state index >= 15 is 0 Å². The van der Waals surface area contributed by atoms with Crippen LogP contribution in [-0.4, -0.2) is 62.0 Å². The highest BCUT2D eigenvalue weighted by Crippen LogP contribution is 2.24. The van der Waals surface area contributed by atoms with Crippen molar-refractivity contribution in [2.45, 2.75) is 26.3 Å². The molecule has 4 heteroatoms. The molecule has 2 rings (SSSR count). The fraction of sp³-hybridized carbons (Fsp3) is 0.929. The fourth-order valence-electron chi connectivity index (χ4n) is 3.40. The normalized spacial score (nSPS) is 37.3. The van der Waals surface area contributed by atoms with Crippen molar-refractivity contribution in [3.8, 4) is 0 Å². The van der Waals surface area contributed by atoms with Crippen LogP contribution < -0.4 is 5.32 Å². The van der Waals surface area contributed by atoms with Crippen molar-refractivity contribution in [2.24, 2.45) is 17.8 Å². The lowest BCUT2D eigenvalue weighted by molar-refractivity contribution is -0.135. The fourth-order valence-corrected chi connectivity index (χ4v) is 3.40. The summed E-state index contributed by atoms with van der Waals surface area (Å²) in [5.41, 5.74) is 0. The zero-order valence-electron chi connectivity index (χ0n) is 12.1. The Morgan fingerprint density at radius 2 is 1.94 bits per heavy atom. The minimum atomic E-state index is 0.196. The maximum Gasteiger partial charge on any atom is 0.227 e. The first-order valence-corrected chi connectivity index (χ1v) is 7.15. The second kappa shape index (κ2) is 5.57. The van der Waals surface area contributed by atoms with Crippen molar-refractivity contribution in [2.75, 3.05) is 40.3 Å². The molecular weight excluding hydrogens is 226 g/mol. The molecule has 2 aliphatic heterocycles. The van der Waals surface area contributed by atoms with Gasteiger partial charge in [-0.05, 0) is 38.9 Å². The monoisotopic (exact) mass is 253 g/mol. The highest BCUT2D eigenvalue weighted by molar-refractivity contribution is 5.79. The number of hydrogen-bond acceptors (Lipinski definition) is 3. The number of carbonyl (C=O) groups is 1. The molecule has 4 nitrogen and oxygen atoms in total. The van der Waals surface area contributed by atoms with Crippen LogP contribution in [0, 0.1) is 17.8 Å². The molecule has 0 aromatic rings. The lowest BCUT2D eigenvalue weighted by Crippen LogP contribution is -2.45. The van der Waals surface area contributed by atoms with Gasteiger partial charge in [0.25, 0.3) is 0 Å². The average Bonchev–Trinajstić information content (AvgIpc) is 2.70. The third kappa shape index (κ3) is 2.86. The van der Waals surface area contributed by atoms with Crippen molar-refractivity contribution < 1.29 is 4.79 Å². The van der Waals surface area contributed by atoms with Crippen LogP contribution in [0.5, 0.6) is 0 Å². The van der Waals surface area contributed by atoms with E-state index in [9.17, 15) is 4.79 Å². The number of carbonyl (C=O) groups excluding carboxylic acids is 1. The van der Waals surface area contributed by atoms with Crippen molar-refractivity contribution in [1.82, 2.24) is 15.1 Å². The molecule has 4 unspecified atom stereocenters. The molecule has 2 heterocycles. The van der Waals surface area contributed by atoms with Gasteiger partial charge in [-0.2, -0.15) is 0 Å². The molecular formula is C14H27N3O. The number of rotatable bonds is 2. The third-order valence-electron chi connectivity index (χ3n) is 4.47. The quantitative estimate of drug-likeness (QED) is 0.784. The summed E-state index contributed by atoms with van der Waals surface area (Å²) in [6.07, 6.45) is 1.04. The zero-order valence-corrected chi connectivity index (χ0v) is 12.1. The van der Waals surface area contributed by atoms with E-state index in [1.807, 2.05) is 0 Å². The van der Waals surface area contributed by atoms with Gasteiger partial charge in [-0.1, -0.05) is 13.8 Å². The van der Waals surface area contributed by atoms with Crippen LogP contribution in [0.2, 0.25) is 0 Å². The lowest BCUT2D eigenvalue weighted by Gasteiger charge is -2.30. The molecule has 0 aromatic heterocycles. The van der Waals surface area contributed by atoms with E-state index < -0.39 is 0 Å². The van der Waals surface area contributed by atoms with Crippen LogP contribution in [0.15, 0.2) is 0 Å². The zero-order chi connectivity index (χ0) is 13.3. The number of hydrogen-bond donors (Lipinski definition) is 1. The van der Waals surface area contributed by atoms with Crippen molar-refractivity contribution in [1.29, 1.82) is 0 Å². The Labute approximate surface area is 111 Å². The minimum absolute atomic E-state index is 0.196. The maximum atomic E-state index is 12.5. The number of likely N-dealkylation sites (tertiary alicyclic amines) is 1. The van der Waals surface area contributed by atoms with Gasteiger partial charge >= 0.3 is 0 Å². The second-order valence-corrected chi connectivity index (χ2v) is 6.45. The van der Waals surface area contributed by atoms with E-state index in [2.05, 4.69) is 43.1 Å². The standard InChI is InChI=1S/C14H27N3O/c1-10-5-12(7-15-6-10)14(18)17-8-11(2)13(9-17)16(3)4/h10-13,15H,5-9H2,1-4H3. The van der Waals surface area contributed by atoms with Crippen molar-refractivity contribution in [3.05, 3.63) is 0 Å². The first-order chi connectivity index (χ1) is 8.49. The largest absolute Gasteiger partial charge is 0.341 e. The average molecular weight is 253 g/mol. The molecule has 0 saturated carbocycles. The van der Waals surface area contributed by atoms with E-state index in [0.717, 1.165) is 32.6 Å². The van der Waals surface area contributed by atoms with Crippen LogP contribution >= 0.6 is 0 Å². The van der Waals surface area contributed by atoms with Gasteiger partial charge in [0.2, 0.25) is 5.91 Å². The van der Waals surface area contributed by atoms with E-state index in [-0.39, 0.29) is 5.92 Å².